The molecule has 164 valence electrons. The van der Waals surface area contributed by atoms with Crippen molar-refractivity contribution >= 4 is 23.5 Å². The molecule has 3 rings (SSSR count). The lowest BCUT2D eigenvalue weighted by atomic mass is 9.98. The van der Waals surface area contributed by atoms with E-state index < -0.39 is 12.4 Å². The van der Waals surface area contributed by atoms with Gasteiger partial charge in [0.15, 0.2) is 0 Å². The van der Waals surface area contributed by atoms with Gasteiger partial charge in [-0.05, 0) is 60.0 Å². The first-order chi connectivity index (χ1) is 15.2. The Bertz CT molecular complexity index is 1140. The van der Waals surface area contributed by atoms with Crippen LogP contribution in [-0.2, 0) is 0 Å². The van der Waals surface area contributed by atoms with Gasteiger partial charge in [-0.1, -0.05) is 55.1 Å². The van der Waals surface area contributed by atoms with Crippen LogP contribution in [0.2, 0.25) is 0 Å². The van der Waals surface area contributed by atoms with E-state index in [9.17, 15) is 18.0 Å². The smallest absolute Gasteiger partial charge is 0.406 e. The predicted molar refractivity (Wildman–Crippen MR) is 122 cm³/mol. The number of hydrogen-bond acceptors (Lipinski definition) is 2. The van der Waals surface area contributed by atoms with E-state index in [2.05, 4.69) is 21.9 Å². The standard InChI is InChI=1S/C25H21F3N2O2/c1-3-4-7-18-16-19(11-10-17(18)2)22-8-5-6-9-23(22)30-24(31)29-20-12-14-21(15-13-20)32-25(26,27)28/h3-16H,1H2,2H3,(H2,29,30,31)/b7-4-. The van der Waals surface area contributed by atoms with Crippen molar-refractivity contribution in [2.45, 2.75) is 13.3 Å². The van der Waals surface area contributed by atoms with Crippen LogP contribution in [0.15, 0.2) is 85.5 Å². The maximum Gasteiger partial charge on any atom is 0.573 e. The third-order valence-electron chi connectivity index (χ3n) is 4.52. The number of rotatable bonds is 6. The Labute approximate surface area is 184 Å². The molecule has 3 aromatic carbocycles. The fourth-order valence-corrected chi connectivity index (χ4v) is 3.03. The van der Waals surface area contributed by atoms with Crippen molar-refractivity contribution in [1.29, 1.82) is 0 Å². The van der Waals surface area contributed by atoms with E-state index >= 15 is 0 Å². The van der Waals surface area contributed by atoms with Crippen molar-refractivity contribution in [1.82, 2.24) is 0 Å². The molecule has 0 fully saturated rings. The summed E-state index contributed by atoms with van der Waals surface area (Å²) in [5, 5.41) is 5.39. The van der Waals surface area contributed by atoms with E-state index in [1.807, 2.05) is 49.4 Å². The number of ether oxygens (including phenoxy) is 1. The van der Waals surface area contributed by atoms with Crippen LogP contribution in [0, 0.1) is 6.92 Å². The van der Waals surface area contributed by atoms with Gasteiger partial charge in [-0.25, -0.2) is 4.79 Å². The minimum atomic E-state index is -4.77. The Morgan fingerprint density at radius 2 is 1.72 bits per heavy atom. The Hall–Kier alpha value is -4.00. The molecule has 0 bridgehead atoms. The minimum Gasteiger partial charge on any atom is -0.406 e. The second-order valence-electron chi connectivity index (χ2n) is 6.86. The third kappa shape index (κ3) is 6.25. The zero-order chi connectivity index (χ0) is 23.1. The average Bonchev–Trinajstić information content (AvgIpc) is 2.74. The lowest BCUT2D eigenvalue weighted by molar-refractivity contribution is -0.274. The topological polar surface area (TPSA) is 50.4 Å². The van der Waals surface area contributed by atoms with Crippen LogP contribution < -0.4 is 15.4 Å². The lowest BCUT2D eigenvalue weighted by Crippen LogP contribution is -2.20. The highest BCUT2D eigenvalue weighted by Gasteiger charge is 2.30. The Morgan fingerprint density at radius 1 is 1.00 bits per heavy atom. The third-order valence-corrected chi connectivity index (χ3v) is 4.52. The van der Waals surface area contributed by atoms with Gasteiger partial charge in [-0.2, -0.15) is 0 Å². The molecule has 0 aliphatic carbocycles. The molecule has 2 N–H and O–H groups in total. The normalized spacial score (nSPS) is 11.2. The molecular weight excluding hydrogens is 417 g/mol. The monoisotopic (exact) mass is 438 g/mol. The molecular formula is C25H21F3N2O2. The number of halogens is 3. The summed E-state index contributed by atoms with van der Waals surface area (Å²) in [6, 6.07) is 17.7. The molecule has 3 aromatic rings. The first-order valence-corrected chi connectivity index (χ1v) is 9.68. The van der Waals surface area contributed by atoms with Gasteiger partial charge in [-0.15, -0.1) is 13.2 Å². The first-order valence-electron chi connectivity index (χ1n) is 9.68. The van der Waals surface area contributed by atoms with E-state index in [0.717, 1.165) is 34.4 Å². The zero-order valence-corrected chi connectivity index (χ0v) is 17.2. The fourth-order valence-electron chi connectivity index (χ4n) is 3.03. The number of amides is 2. The maximum absolute atomic E-state index is 12.5. The van der Waals surface area contributed by atoms with E-state index in [0.29, 0.717) is 11.4 Å². The molecule has 0 unspecified atom stereocenters. The van der Waals surface area contributed by atoms with Gasteiger partial charge >= 0.3 is 12.4 Å². The SMILES string of the molecule is C=C/C=C\c1cc(-c2ccccc2NC(=O)Nc2ccc(OC(F)(F)F)cc2)ccc1C. The molecule has 0 radical (unpaired) electrons. The van der Waals surface area contributed by atoms with Gasteiger partial charge in [0.2, 0.25) is 0 Å². The Kier molecular flexibility index (Phi) is 7.00. The number of alkyl halides is 3. The molecule has 0 saturated carbocycles. The van der Waals surface area contributed by atoms with Crippen LogP contribution in [0.3, 0.4) is 0 Å². The van der Waals surface area contributed by atoms with Crippen molar-refractivity contribution in [3.8, 4) is 16.9 Å². The summed E-state index contributed by atoms with van der Waals surface area (Å²) in [4.78, 5) is 12.5. The number of urea groups is 1. The average molecular weight is 438 g/mol. The number of benzene rings is 3. The molecule has 0 aliphatic heterocycles. The molecule has 4 nitrogen and oxygen atoms in total. The van der Waals surface area contributed by atoms with E-state index in [-0.39, 0.29) is 5.75 Å². The molecule has 0 atom stereocenters. The summed E-state index contributed by atoms with van der Waals surface area (Å²) in [6.07, 6.45) is 0.747. The highest BCUT2D eigenvalue weighted by Crippen LogP contribution is 2.30. The largest absolute Gasteiger partial charge is 0.573 e. The van der Waals surface area contributed by atoms with Crippen molar-refractivity contribution in [2.75, 3.05) is 10.6 Å². The van der Waals surface area contributed by atoms with Gasteiger partial charge in [0.25, 0.3) is 0 Å². The minimum absolute atomic E-state index is 0.321. The van der Waals surface area contributed by atoms with Crippen LogP contribution in [-0.4, -0.2) is 12.4 Å². The summed E-state index contributed by atoms with van der Waals surface area (Å²) in [7, 11) is 0. The summed E-state index contributed by atoms with van der Waals surface area (Å²) in [6.45, 7) is 5.70. The Balaban J connectivity index is 1.76. The van der Waals surface area contributed by atoms with Gasteiger partial charge < -0.3 is 15.4 Å². The van der Waals surface area contributed by atoms with E-state index in [1.165, 1.54) is 12.1 Å². The van der Waals surface area contributed by atoms with Gasteiger partial charge in [0, 0.05) is 11.3 Å². The quantitative estimate of drug-likeness (QED) is 0.394. The van der Waals surface area contributed by atoms with Gasteiger partial charge in [0.05, 0.1) is 5.69 Å². The molecule has 7 heteroatoms. The number of allylic oxidation sites excluding steroid dienone is 2. The maximum atomic E-state index is 12.5. The summed E-state index contributed by atoms with van der Waals surface area (Å²) in [5.41, 5.74) is 4.79. The number of carbonyl (C=O) groups is 1. The number of carbonyl (C=O) groups excluding carboxylic acids is 1. The molecule has 0 aromatic heterocycles. The van der Waals surface area contributed by atoms with Crippen molar-refractivity contribution in [2.24, 2.45) is 0 Å². The molecule has 0 saturated heterocycles. The lowest BCUT2D eigenvalue weighted by Gasteiger charge is -2.14. The molecule has 0 aliphatic rings. The Morgan fingerprint density at radius 3 is 2.41 bits per heavy atom. The number of hydrogen-bond donors (Lipinski definition) is 2. The van der Waals surface area contributed by atoms with Crippen molar-refractivity contribution in [3.63, 3.8) is 0 Å². The molecule has 2 amide bonds. The second-order valence-corrected chi connectivity index (χ2v) is 6.86. The summed E-state index contributed by atoms with van der Waals surface area (Å²) >= 11 is 0. The van der Waals surface area contributed by atoms with Crippen molar-refractivity contribution in [3.05, 3.63) is 96.6 Å². The summed E-state index contributed by atoms with van der Waals surface area (Å²) < 4.78 is 40.6. The van der Waals surface area contributed by atoms with E-state index in [1.54, 1.807) is 18.2 Å². The summed E-state index contributed by atoms with van der Waals surface area (Å²) in [5.74, 6) is -0.366. The fraction of sp³-hybridized carbons (Fsp3) is 0.0800. The second kappa shape index (κ2) is 9.87. The van der Waals surface area contributed by atoms with Crippen LogP contribution >= 0.6 is 0 Å². The van der Waals surface area contributed by atoms with Crippen LogP contribution in [0.1, 0.15) is 11.1 Å². The number of para-hydroxylation sites is 1. The number of aryl methyl sites for hydroxylation is 1. The number of anilines is 2. The van der Waals surface area contributed by atoms with Crippen LogP contribution in [0.4, 0.5) is 29.3 Å². The van der Waals surface area contributed by atoms with Gasteiger partial charge in [0.1, 0.15) is 5.75 Å². The highest BCUT2D eigenvalue weighted by atomic mass is 19.4. The van der Waals surface area contributed by atoms with Gasteiger partial charge in [-0.3, -0.25) is 0 Å². The molecule has 0 spiro atoms. The predicted octanol–water partition coefficient (Wildman–Crippen LogP) is 7.40. The van der Waals surface area contributed by atoms with Crippen LogP contribution in [0.25, 0.3) is 17.2 Å². The zero-order valence-electron chi connectivity index (χ0n) is 17.2. The van der Waals surface area contributed by atoms with Crippen molar-refractivity contribution < 1.29 is 22.7 Å². The van der Waals surface area contributed by atoms with E-state index in [4.69, 9.17) is 0 Å². The highest BCUT2D eigenvalue weighted by molar-refractivity contribution is 6.02. The number of nitrogens with one attached hydrogen (secondary N) is 2. The van der Waals surface area contributed by atoms with Crippen LogP contribution in [0.5, 0.6) is 5.75 Å². The first kappa shape index (κ1) is 22.7. The molecule has 0 heterocycles. The molecule has 32 heavy (non-hydrogen) atoms.